The zero-order chi connectivity index (χ0) is 15.7. The van der Waals surface area contributed by atoms with E-state index in [-0.39, 0.29) is 0 Å². The van der Waals surface area contributed by atoms with E-state index in [0.29, 0.717) is 22.8 Å². The maximum Gasteiger partial charge on any atom is 0.128 e. The van der Waals surface area contributed by atoms with Crippen molar-refractivity contribution in [2.75, 3.05) is 14.2 Å². The Morgan fingerprint density at radius 2 is 1.52 bits per heavy atom. The molecular formula is C18H28O3. The minimum absolute atomic E-state index is 0.298. The Bertz CT molecular complexity index is 457. The Kier molecular flexibility index (Phi) is 4.52. The van der Waals surface area contributed by atoms with Gasteiger partial charge in [-0.15, -0.1) is 0 Å². The molecular weight excluding hydrogens is 264 g/mol. The summed E-state index contributed by atoms with van der Waals surface area (Å²) in [5.74, 6) is 2.08. The summed E-state index contributed by atoms with van der Waals surface area (Å²) < 4.78 is 10.9. The number of ether oxygens (including phenoxy) is 2. The minimum atomic E-state index is -0.848. The Hall–Kier alpha value is -1.22. The lowest BCUT2D eigenvalue weighted by molar-refractivity contribution is -0.0327. The first-order valence-electron chi connectivity index (χ1n) is 7.75. The van der Waals surface area contributed by atoms with Crippen LogP contribution in [-0.2, 0) is 5.60 Å². The van der Waals surface area contributed by atoms with Crippen LogP contribution in [0.2, 0.25) is 0 Å². The lowest BCUT2D eigenvalue weighted by Gasteiger charge is -2.42. The number of methoxy groups -OCH3 is 2. The topological polar surface area (TPSA) is 38.7 Å². The van der Waals surface area contributed by atoms with Gasteiger partial charge in [-0.3, -0.25) is 0 Å². The van der Waals surface area contributed by atoms with Gasteiger partial charge in [0.25, 0.3) is 0 Å². The molecule has 1 N–H and O–H groups in total. The average Bonchev–Trinajstić information content (AvgIpc) is 2.45. The molecule has 1 aliphatic rings. The molecule has 0 radical (unpaired) electrons. The van der Waals surface area contributed by atoms with Crippen LogP contribution in [0.3, 0.4) is 0 Å². The highest BCUT2D eigenvalue weighted by Crippen LogP contribution is 2.49. The lowest BCUT2D eigenvalue weighted by atomic mass is 9.66. The van der Waals surface area contributed by atoms with Crippen molar-refractivity contribution in [3.8, 4) is 11.5 Å². The number of aliphatic hydroxyl groups is 1. The normalized spacial score (nSPS) is 26.5. The molecule has 1 aromatic carbocycles. The third-order valence-corrected chi connectivity index (χ3v) is 4.93. The van der Waals surface area contributed by atoms with Crippen LogP contribution in [-0.4, -0.2) is 19.3 Å². The average molecular weight is 292 g/mol. The molecule has 0 atom stereocenters. The van der Waals surface area contributed by atoms with Crippen LogP contribution in [0.1, 0.15) is 52.0 Å². The van der Waals surface area contributed by atoms with Gasteiger partial charge in [-0.1, -0.05) is 26.8 Å². The van der Waals surface area contributed by atoms with Gasteiger partial charge in [-0.25, -0.2) is 0 Å². The Morgan fingerprint density at radius 1 is 1.05 bits per heavy atom. The Morgan fingerprint density at radius 3 is 1.90 bits per heavy atom. The van der Waals surface area contributed by atoms with Crippen molar-refractivity contribution in [3.05, 3.63) is 23.8 Å². The van der Waals surface area contributed by atoms with Gasteiger partial charge in [-0.2, -0.15) is 0 Å². The summed E-state index contributed by atoms with van der Waals surface area (Å²) in [6.45, 7) is 6.85. The molecule has 118 valence electrons. The minimum Gasteiger partial charge on any atom is -0.496 e. The predicted octanol–water partition coefficient (Wildman–Crippen LogP) is 4.13. The van der Waals surface area contributed by atoms with Crippen LogP contribution >= 0.6 is 0 Å². The first-order chi connectivity index (χ1) is 9.81. The first-order valence-corrected chi connectivity index (χ1v) is 7.75. The lowest BCUT2D eigenvalue weighted by Crippen LogP contribution is -2.36. The van der Waals surface area contributed by atoms with Crippen molar-refractivity contribution in [3.63, 3.8) is 0 Å². The molecule has 0 spiro atoms. The standard InChI is InChI=1S/C18H28O3/c1-17(2,3)13-9-11-18(19,12-10-13)16-14(20-4)7-6-8-15(16)21-5/h6-8,13,19H,9-12H2,1-5H3. The molecule has 0 aliphatic heterocycles. The van der Waals surface area contributed by atoms with Gasteiger partial charge >= 0.3 is 0 Å². The molecule has 0 saturated heterocycles. The summed E-state index contributed by atoms with van der Waals surface area (Å²) in [5, 5.41) is 11.2. The molecule has 1 aliphatic carbocycles. The van der Waals surface area contributed by atoms with Gasteiger partial charge in [0.2, 0.25) is 0 Å². The maximum atomic E-state index is 11.2. The molecule has 3 nitrogen and oxygen atoms in total. The van der Waals surface area contributed by atoms with Crippen LogP contribution in [0.25, 0.3) is 0 Å². The molecule has 1 aromatic rings. The highest BCUT2D eigenvalue weighted by atomic mass is 16.5. The van der Waals surface area contributed by atoms with Gasteiger partial charge in [0.15, 0.2) is 0 Å². The monoisotopic (exact) mass is 292 g/mol. The van der Waals surface area contributed by atoms with Crippen molar-refractivity contribution in [1.29, 1.82) is 0 Å². The van der Waals surface area contributed by atoms with Crippen LogP contribution < -0.4 is 9.47 Å². The second kappa shape index (κ2) is 5.88. The summed E-state index contributed by atoms with van der Waals surface area (Å²) >= 11 is 0. The van der Waals surface area contributed by atoms with Crippen molar-refractivity contribution in [2.24, 2.45) is 11.3 Å². The van der Waals surface area contributed by atoms with E-state index in [0.717, 1.165) is 31.2 Å². The van der Waals surface area contributed by atoms with E-state index < -0.39 is 5.60 Å². The zero-order valence-corrected chi connectivity index (χ0v) is 13.9. The Balaban J connectivity index is 2.31. The largest absolute Gasteiger partial charge is 0.496 e. The smallest absolute Gasteiger partial charge is 0.128 e. The SMILES string of the molecule is COc1cccc(OC)c1C1(O)CCC(C(C)(C)C)CC1. The second-order valence-corrected chi connectivity index (χ2v) is 7.21. The van der Waals surface area contributed by atoms with Crippen molar-refractivity contribution < 1.29 is 14.6 Å². The van der Waals surface area contributed by atoms with Gasteiger partial charge in [-0.05, 0) is 49.1 Å². The van der Waals surface area contributed by atoms with Crippen LogP contribution in [0.5, 0.6) is 11.5 Å². The van der Waals surface area contributed by atoms with E-state index >= 15 is 0 Å². The van der Waals surface area contributed by atoms with Gasteiger partial charge in [0, 0.05) is 0 Å². The highest BCUT2D eigenvalue weighted by Gasteiger charge is 2.41. The summed E-state index contributed by atoms with van der Waals surface area (Å²) in [5.41, 5.74) is 0.258. The highest BCUT2D eigenvalue weighted by molar-refractivity contribution is 5.48. The molecule has 0 unspecified atom stereocenters. The third kappa shape index (κ3) is 3.18. The molecule has 0 aromatic heterocycles. The third-order valence-electron chi connectivity index (χ3n) is 4.93. The van der Waals surface area contributed by atoms with E-state index in [1.807, 2.05) is 18.2 Å². The fourth-order valence-electron chi connectivity index (χ4n) is 3.52. The van der Waals surface area contributed by atoms with Crippen LogP contribution in [0, 0.1) is 11.3 Å². The van der Waals surface area contributed by atoms with Crippen LogP contribution in [0.15, 0.2) is 18.2 Å². The van der Waals surface area contributed by atoms with Gasteiger partial charge in [0.1, 0.15) is 11.5 Å². The fraction of sp³-hybridized carbons (Fsp3) is 0.667. The number of rotatable bonds is 3. The number of hydrogen-bond donors (Lipinski definition) is 1. The fourth-order valence-corrected chi connectivity index (χ4v) is 3.52. The van der Waals surface area contributed by atoms with E-state index in [9.17, 15) is 5.11 Å². The summed E-state index contributed by atoms with van der Waals surface area (Å²) in [7, 11) is 3.28. The van der Waals surface area contributed by atoms with Gasteiger partial charge in [0.05, 0.1) is 25.4 Å². The molecule has 0 amide bonds. The van der Waals surface area contributed by atoms with E-state index in [2.05, 4.69) is 20.8 Å². The van der Waals surface area contributed by atoms with Crippen LogP contribution in [0.4, 0.5) is 0 Å². The zero-order valence-electron chi connectivity index (χ0n) is 13.9. The predicted molar refractivity (Wildman–Crippen MR) is 84.9 cm³/mol. The Labute approximate surface area is 128 Å². The summed E-state index contributed by atoms with van der Waals surface area (Å²) in [4.78, 5) is 0. The van der Waals surface area contributed by atoms with Gasteiger partial charge < -0.3 is 14.6 Å². The molecule has 1 saturated carbocycles. The van der Waals surface area contributed by atoms with E-state index in [1.54, 1.807) is 14.2 Å². The van der Waals surface area contributed by atoms with Crippen molar-refractivity contribution in [1.82, 2.24) is 0 Å². The molecule has 21 heavy (non-hydrogen) atoms. The summed E-state index contributed by atoms with van der Waals surface area (Å²) in [6, 6.07) is 5.68. The second-order valence-electron chi connectivity index (χ2n) is 7.21. The number of hydrogen-bond acceptors (Lipinski definition) is 3. The number of benzene rings is 1. The molecule has 3 heteroatoms. The molecule has 0 bridgehead atoms. The van der Waals surface area contributed by atoms with E-state index in [4.69, 9.17) is 9.47 Å². The quantitative estimate of drug-likeness (QED) is 0.910. The maximum absolute atomic E-state index is 11.2. The van der Waals surface area contributed by atoms with Crippen molar-refractivity contribution in [2.45, 2.75) is 52.1 Å². The first kappa shape index (κ1) is 16.2. The summed E-state index contributed by atoms with van der Waals surface area (Å²) in [6.07, 6.45) is 3.57. The molecule has 2 rings (SSSR count). The molecule has 1 fully saturated rings. The van der Waals surface area contributed by atoms with E-state index in [1.165, 1.54) is 0 Å². The molecule has 0 heterocycles. The van der Waals surface area contributed by atoms with Crippen molar-refractivity contribution >= 4 is 0 Å².